The molecule has 1 saturated carbocycles. The molecule has 1 nitrogen and oxygen atoms in total. The van der Waals surface area contributed by atoms with Crippen molar-refractivity contribution in [3.63, 3.8) is 0 Å². The fourth-order valence-electron chi connectivity index (χ4n) is 3.90. The lowest BCUT2D eigenvalue weighted by Crippen LogP contribution is -2.16. The smallest absolute Gasteiger partial charge is 0.0335 e. The molecule has 0 saturated heterocycles. The van der Waals surface area contributed by atoms with Gasteiger partial charge >= 0.3 is 0 Å². The minimum atomic E-state index is 0.194. The van der Waals surface area contributed by atoms with Gasteiger partial charge in [-0.3, -0.25) is 0 Å². The molecule has 98 valence electrons. The molecule has 0 heterocycles. The van der Waals surface area contributed by atoms with Gasteiger partial charge in [0, 0.05) is 6.04 Å². The van der Waals surface area contributed by atoms with E-state index in [1.807, 2.05) is 0 Å². The van der Waals surface area contributed by atoms with Gasteiger partial charge in [-0.1, -0.05) is 44.2 Å². The van der Waals surface area contributed by atoms with E-state index in [1.54, 1.807) is 0 Å². The highest BCUT2D eigenvalue weighted by atomic mass is 14.7. The van der Waals surface area contributed by atoms with Crippen LogP contribution in [-0.4, -0.2) is 0 Å². The summed E-state index contributed by atoms with van der Waals surface area (Å²) in [5, 5.41) is 2.90. The largest absolute Gasteiger partial charge is 0.324 e. The molecule has 2 aliphatic rings. The molecule has 4 rings (SSSR count). The van der Waals surface area contributed by atoms with Crippen molar-refractivity contribution >= 4 is 10.8 Å². The molecule has 0 amide bonds. The number of nitrogens with two attached hydrogens (primary N) is 1. The molecule has 0 bridgehead atoms. The summed E-state index contributed by atoms with van der Waals surface area (Å²) in [5.41, 5.74) is 11.4. The van der Waals surface area contributed by atoms with E-state index < -0.39 is 0 Å². The summed E-state index contributed by atoms with van der Waals surface area (Å²) in [6.45, 7) is 4.66. The second-order valence-electron chi connectivity index (χ2n) is 6.98. The van der Waals surface area contributed by atoms with Crippen LogP contribution in [0, 0.1) is 11.3 Å². The van der Waals surface area contributed by atoms with Crippen LogP contribution in [0.25, 0.3) is 10.8 Å². The Kier molecular flexibility index (Phi) is 2.18. The summed E-state index contributed by atoms with van der Waals surface area (Å²) in [4.78, 5) is 0. The predicted octanol–water partition coefficient (Wildman–Crippen LogP) is 3.98. The molecule has 2 aromatic rings. The first-order chi connectivity index (χ1) is 9.08. The molecule has 1 heteroatoms. The van der Waals surface area contributed by atoms with Crippen molar-refractivity contribution in [1.29, 1.82) is 0 Å². The third kappa shape index (κ3) is 1.58. The molecular formula is C18H21N. The highest BCUT2D eigenvalue weighted by Crippen LogP contribution is 2.57. The number of rotatable bonds is 2. The van der Waals surface area contributed by atoms with Crippen molar-refractivity contribution in [1.82, 2.24) is 0 Å². The Bertz CT molecular complexity index is 658. The third-order valence-corrected chi connectivity index (χ3v) is 5.29. The minimum Gasteiger partial charge on any atom is -0.324 e. The Morgan fingerprint density at radius 1 is 1.11 bits per heavy atom. The highest BCUT2D eigenvalue weighted by Gasteiger charge is 2.49. The molecule has 2 aliphatic carbocycles. The van der Waals surface area contributed by atoms with E-state index in [4.69, 9.17) is 5.73 Å². The first kappa shape index (κ1) is 11.5. The molecule has 19 heavy (non-hydrogen) atoms. The van der Waals surface area contributed by atoms with Gasteiger partial charge in [0.15, 0.2) is 0 Å². The molecule has 2 atom stereocenters. The quantitative estimate of drug-likeness (QED) is 0.858. The highest BCUT2D eigenvalue weighted by molar-refractivity contribution is 5.93. The molecular weight excluding hydrogens is 230 g/mol. The number of hydrogen-bond donors (Lipinski definition) is 1. The van der Waals surface area contributed by atoms with Crippen LogP contribution in [-0.2, 0) is 12.8 Å². The van der Waals surface area contributed by atoms with E-state index in [0.29, 0.717) is 11.3 Å². The second kappa shape index (κ2) is 3.61. The van der Waals surface area contributed by atoms with Crippen molar-refractivity contribution in [3.05, 3.63) is 47.0 Å². The first-order valence-electron chi connectivity index (χ1n) is 7.37. The van der Waals surface area contributed by atoms with Crippen LogP contribution in [0.3, 0.4) is 0 Å². The van der Waals surface area contributed by atoms with Gasteiger partial charge in [-0.25, -0.2) is 0 Å². The molecule has 0 aromatic heterocycles. The van der Waals surface area contributed by atoms with Crippen LogP contribution >= 0.6 is 0 Å². The fraction of sp³-hybridized carbons (Fsp3) is 0.444. The average molecular weight is 251 g/mol. The third-order valence-electron chi connectivity index (χ3n) is 5.29. The molecule has 2 unspecified atom stereocenters. The fourth-order valence-corrected chi connectivity index (χ4v) is 3.90. The van der Waals surface area contributed by atoms with E-state index in [2.05, 4.69) is 44.2 Å². The van der Waals surface area contributed by atoms with Crippen LogP contribution in [0.1, 0.15) is 43.0 Å². The average Bonchev–Trinajstić information content (AvgIpc) is 2.83. The van der Waals surface area contributed by atoms with Crippen LogP contribution in [0.2, 0.25) is 0 Å². The van der Waals surface area contributed by atoms with Gasteiger partial charge in [0.25, 0.3) is 0 Å². The van der Waals surface area contributed by atoms with Gasteiger partial charge in [0.1, 0.15) is 0 Å². The molecule has 0 radical (unpaired) electrons. The van der Waals surface area contributed by atoms with E-state index in [1.165, 1.54) is 46.7 Å². The zero-order valence-corrected chi connectivity index (χ0v) is 11.7. The van der Waals surface area contributed by atoms with E-state index >= 15 is 0 Å². The Morgan fingerprint density at radius 2 is 1.79 bits per heavy atom. The van der Waals surface area contributed by atoms with Crippen LogP contribution in [0.5, 0.6) is 0 Å². The first-order valence-corrected chi connectivity index (χ1v) is 7.37. The summed E-state index contributed by atoms with van der Waals surface area (Å²) in [6, 6.07) is 11.5. The monoisotopic (exact) mass is 251 g/mol. The van der Waals surface area contributed by atoms with Crippen molar-refractivity contribution in [2.75, 3.05) is 0 Å². The van der Waals surface area contributed by atoms with Crippen LogP contribution in [0.15, 0.2) is 30.3 Å². The van der Waals surface area contributed by atoms with E-state index in [0.717, 1.165) is 0 Å². The normalized spacial score (nSPS) is 24.7. The lowest BCUT2D eigenvalue weighted by molar-refractivity contribution is 0.493. The van der Waals surface area contributed by atoms with Gasteiger partial charge in [-0.05, 0) is 58.1 Å². The lowest BCUT2D eigenvalue weighted by atomic mass is 9.91. The van der Waals surface area contributed by atoms with Crippen molar-refractivity contribution in [3.8, 4) is 0 Å². The lowest BCUT2D eigenvalue weighted by Gasteiger charge is -2.17. The number of hydrogen-bond acceptors (Lipinski definition) is 1. The molecule has 0 aliphatic heterocycles. The summed E-state index contributed by atoms with van der Waals surface area (Å²) in [7, 11) is 0. The van der Waals surface area contributed by atoms with Gasteiger partial charge in [0.2, 0.25) is 0 Å². The van der Waals surface area contributed by atoms with Crippen molar-refractivity contribution < 1.29 is 0 Å². The molecule has 2 aromatic carbocycles. The van der Waals surface area contributed by atoms with E-state index in [-0.39, 0.29) is 6.04 Å². The standard InChI is InChI=1S/C18H21N/c1-18(2)10-15(18)17(19)14-9-8-12-7-6-11-4-3-5-13(14)16(11)12/h3-5,8-9,15,17H,6-7,10,19H2,1-2H3. The summed E-state index contributed by atoms with van der Waals surface area (Å²) < 4.78 is 0. The number of aryl methyl sites for hydroxylation is 2. The maximum absolute atomic E-state index is 6.56. The van der Waals surface area contributed by atoms with Gasteiger partial charge in [-0.15, -0.1) is 0 Å². The Hall–Kier alpha value is -1.34. The zero-order chi connectivity index (χ0) is 13.2. The van der Waals surface area contributed by atoms with E-state index in [9.17, 15) is 0 Å². The maximum Gasteiger partial charge on any atom is 0.0335 e. The second-order valence-corrected chi connectivity index (χ2v) is 6.98. The Balaban J connectivity index is 1.88. The van der Waals surface area contributed by atoms with Crippen molar-refractivity contribution in [2.24, 2.45) is 17.1 Å². The summed E-state index contributed by atoms with van der Waals surface area (Å²) >= 11 is 0. The molecule has 1 fully saturated rings. The zero-order valence-electron chi connectivity index (χ0n) is 11.7. The summed E-state index contributed by atoms with van der Waals surface area (Å²) in [6.07, 6.45) is 3.65. The molecule has 2 N–H and O–H groups in total. The predicted molar refractivity (Wildman–Crippen MR) is 80.2 cm³/mol. The van der Waals surface area contributed by atoms with Gasteiger partial charge < -0.3 is 5.73 Å². The van der Waals surface area contributed by atoms with Crippen LogP contribution < -0.4 is 5.73 Å². The molecule has 0 spiro atoms. The topological polar surface area (TPSA) is 26.0 Å². The number of benzene rings is 2. The van der Waals surface area contributed by atoms with Gasteiger partial charge in [-0.2, -0.15) is 0 Å². The van der Waals surface area contributed by atoms with Crippen LogP contribution in [0.4, 0.5) is 0 Å². The maximum atomic E-state index is 6.56. The Labute approximate surface area is 114 Å². The SMILES string of the molecule is CC1(C)CC1C(N)c1ccc2c3c(cccc13)CC2. The minimum absolute atomic E-state index is 0.194. The summed E-state index contributed by atoms with van der Waals surface area (Å²) in [5.74, 6) is 0.644. The van der Waals surface area contributed by atoms with Gasteiger partial charge in [0.05, 0.1) is 0 Å². The van der Waals surface area contributed by atoms with Crippen molar-refractivity contribution in [2.45, 2.75) is 39.2 Å². The Morgan fingerprint density at radius 3 is 2.47 bits per heavy atom.